The summed E-state index contributed by atoms with van der Waals surface area (Å²) in [6.45, 7) is 5.68. The smallest absolute Gasteiger partial charge is 0.147 e. The van der Waals surface area contributed by atoms with Gasteiger partial charge in [0.25, 0.3) is 0 Å². The lowest BCUT2D eigenvalue weighted by Crippen LogP contribution is -2.47. The molecule has 0 aromatic carbocycles. The molecule has 94 valence electrons. The molecule has 1 aliphatic heterocycles. The van der Waals surface area contributed by atoms with Gasteiger partial charge in [0, 0.05) is 18.6 Å². The number of ether oxygens (including phenoxy) is 1. The lowest BCUT2D eigenvalue weighted by molar-refractivity contribution is 0.0340. The van der Waals surface area contributed by atoms with Crippen LogP contribution in [0.2, 0.25) is 5.02 Å². The third-order valence-electron chi connectivity index (χ3n) is 2.91. The third kappa shape index (κ3) is 2.84. The first kappa shape index (κ1) is 12.9. The first-order valence-electron chi connectivity index (χ1n) is 5.70. The predicted octanol–water partition coefficient (Wildman–Crippen LogP) is 3.09. The second-order valence-electron chi connectivity index (χ2n) is 4.43. The van der Waals surface area contributed by atoms with Crippen molar-refractivity contribution in [1.29, 1.82) is 0 Å². The Morgan fingerprint density at radius 3 is 2.94 bits per heavy atom. The first-order valence-corrected chi connectivity index (χ1v) is 6.61. The zero-order valence-corrected chi connectivity index (χ0v) is 11.5. The molecule has 5 heteroatoms. The van der Waals surface area contributed by atoms with E-state index in [1.54, 1.807) is 6.20 Å². The van der Waals surface area contributed by atoms with E-state index in [-0.39, 0.29) is 12.1 Å². The van der Waals surface area contributed by atoms with Crippen LogP contribution in [0, 0.1) is 0 Å². The number of halogens is 2. The van der Waals surface area contributed by atoms with E-state index in [1.807, 2.05) is 6.07 Å². The standard InChI is InChI=1S/C12H16Cl2N2O/c1-8-7-17-9(2)6-16(8)12-11(14)3-10(4-13)5-15-12/h3,5,8-9H,4,6-7H2,1-2H3. The fourth-order valence-corrected chi connectivity index (χ4v) is 2.40. The summed E-state index contributed by atoms with van der Waals surface area (Å²) in [7, 11) is 0. The van der Waals surface area contributed by atoms with Gasteiger partial charge >= 0.3 is 0 Å². The molecular weight excluding hydrogens is 259 g/mol. The predicted molar refractivity (Wildman–Crippen MR) is 71.0 cm³/mol. The molecule has 1 fully saturated rings. The molecule has 3 nitrogen and oxygen atoms in total. The van der Waals surface area contributed by atoms with Crippen LogP contribution in [0.3, 0.4) is 0 Å². The molecule has 2 rings (SSSR count). The van der Waals surface area contributed by atoms with Crippen LogP contribution in [0.4, 0.5) is 5.82 Å². The Bertz CT molecular complexity index is 400. The van der Waals surface area contributed by atoms with Crippen LogP contribution in [-0.4, -0.2) is 30.3 Å². The summed E-state index contributed by atoms with van der Waals surface area (Å²) >= 11 is 12.0. The molecule has 1 aromatic heterocycles. The molecule has 1 saturated heterocycles. The van der Waals surface area contributed by atoms with Crippen molar-refractivity contribution in [2.24, 2.45) is 0 Å². The molecule has 1 aromatic rings. The maximum Gasteiger partial charge on any atom is 0.147 e. The minimum absolute atomic E-state index is 0.205. The molecule has 0 bridgehead atoms. The number of hydrogen-bond donors (Lipinski definition) is 0. The Hall–Kier alpha value is -0.510. The average molecular weight is 275 g/mol. The molecule has 0 spiro atoms. The van der Waals surface area contributed by atoms with Crippen molar-refractivity contribution < 1.29 is 4.74 Å². The summed E-state index contributed by atoms with van der Waals surface area (Å²) in [5.41, 5.74) is 0.939. The highest BCUT2D eigenvalue weighted by Crippen LogP contribution is 2.28. The van der Waals surface area contributed by atoms with Crippen LogP contribution >= 0.6 is 23.2 Å². The monoisotopic (exact) mass is 274 g/mol. The number of anilines is 1. The van der Waals surface area contributed by atoms with Gasteiger partial charge in [-0.3, -0.25) is 0 Å². The van der Waals surface area contributed by atoms with E-state index in [0.717, 1.165) is 17.9 Å². The van der Waals surface area contributed by atoms with Gasteiger partial charge in [0.2, 0.25) is 0 Å². The maximum atomic E-state index is 6.25. The van der Waals surface area contributed by atoms with Gasteiger partial charge in [0.15, 0.2) is 0 Å². The van der Waals surface area contributed by atoms with Gasteiger partial charge in [-0.1, -0.05) is 11.6 Å². The van der Waals surface area contributed by atoms with E-state index in [0.29, 0.717) is 17.5 Å². The lowest BCUT2D eigenvalue weighted by Gasteiger charge is -2.38. The minimum atomic E-state index is 0.205. The molecule has 2 heterocycles. The zero-order chi connectivity index (χ0) is 12.4. The van der Waals surface area contributed by atoms with Crippen LogP contribution in [0.5, 0.6) is 0 Å². The quantitative estimate of drug-likeness (QED) is 0.775. The van der Waals surface area contributed by atoms with Crippen LogP contribution in [0.1, 0.15) is 19.4 Å². The number of hydrogen-bond acceptors (Lipinski definition) is 3. The van der Waals surface area contributed by atoms with Crippen LogP contribution in [0.25, 0.3) is 0 Å². The summed E-state index contributed by atoms with van der Waals surface area (Å²) in [4.78, 5) is 6.60. The Morgan fingerprint density at radius 1 is 1.53 bits per heavy atom. The Morgan fingerprint density at radius 2 is 2.29 bits per heavy atom. The highest BCUT2D eigenvalue weighted by Gasteiger charge is 2.26. The number of aromatic nitrogens is 1. The number of rotatable bonds is 2. The van der Waals surface area contributed by atoms with Crippen molar-refractivity contribution >= 4 is 29.0 Å². The van der Waals surface area contributed by atoms with Crippen molar-refractivity contribution in [1.82, 2.24) is 4.98 Å². The van der Waals surface area contributed by atoms with Crippen molar-refractivity contribution in [3.8, 4) is 0 Å². The van der Waals surface area contributed by atoms with E-state index in [9.17, 15) is 0 Å². The molecule has 2 atom stereocenters. The fourth-order valence-electron chi connectivity index (χ4n) is 1.95. The normalized spacial score (nSPS) is 25.1. The Balaban J connectivity index is 2.26. The Kier molecular flexibility index (Phi) is 4.13. The van der Waals surface area contributed by atoms with E-state index < -0.39 is 0 Å². The van der Waals surface area contributed by atoms with Gasteiger partial charge in [-0.05, 0) is 25.5 Å². The maximum absolute atomic E-state index is 6.25. The molecule has 2 unspecified atom stereocenters. The molecule has 1 aliphatic rings. The number of nitrogens with zero attached hydrogens (tertiary/aromatic N) is 2. The molecular formula is C12H16Cl2N2O. The van der Waals surface area contributed by atoms with Crippen LogP contribution in [0.15, 0.2) is 12.3 Å². The van der Waals surface area contributed by atoms with Gasteiger partial charge in [0.05, 0.1) is 23.8 Å². The second-order valence-corrected chi connectivity index (χ2v) is 5.10. The van der Waals surface area contributed by atoms with E-state index in [4.69, 9.17) is 27.9 Å². The highest BCUT2D eigenvalue weighted by molar-refractivity contribution is 6.33. The van der Waals surface area contributed by atoms with Crippen LogP contribution in [-0.2, 0) is 10.6 Å². The van der Waals surface area contributed by atoms with E-state index in [2.05, 4.69) is 23.7 Å². The van der Waals surface area contributed by atoms with Crippen molar-refractivity contribution in [3.63, 3.8) is 0 Å². The topological polar surface area (TPSA) is 25.4 Å². The lowest BCUT2D eigenvalue weighted by atomic mass is 10.2. The summed E-state index contributed by atoms with van der Waals surface area (Å²) in [5.74, 6) is 1.25. The molecule has 0 amide bonds. The molecule has 0 aliphatic carbocycles. The van der Waals surface area contributed by atoms with Crippen LogP contribution < -0.4 is 4.90 Å². The van der Waals surface area contributed by atoms with E-state index >= 15 is 0 Å². The van der Waals surface area contributed by atoms with Gasteiger partial charge in [-0.2, -0.15) is 0 Å². The summed E-state index contributed by atoms with van der Waals surface area (Å²) < 4.78 is 5.59. The summed E-state index contributed by atoms with van der Waals surface area (Å²) in [6.07, 6.45) is 1.98. The highest BCUT2D eigenvalue weighted by atomic mass is 35.5. The largest absolute Gasteiger partial charge is 0.375 e. The van der Waals surface area contributed by atoms with Crippen molar-refractivity contribution in [2.45, 2.75) is 31.9 Å². The summed E-state index contributed by atoms with van der Waals surface area (Å²) in [5, 5.41) is 0.657. The SMILES string of the molecule is CC1CN(c2ncc(CCl)cc2Cl)C(C)CO1. The Labute approximate surface area is 112 Å². The number of alkyl halides is 1. The summed E-state index contributed by atoms with van der Waals surface area (Å²) in [6, 6.07) is 2.17. The van der Waals surface area contributed by atoms with E-state index in [1.165, 1.54) is 0 Å². The first-order chi connectivity index (χ1) is 8.11. The number of pyridine rings is 1. The second kappa shape index (κ2) is 5.42. The molecule has 17 heavy (non-hydrogen) atoms. The van der Waals surface area contributed by atoms with Crippen molar-refractivity contribution in [3.05, 3.63) is 22.8 Å². The van der Waals surface area contributed by atoms with Gasteiger partial charge < -0.3 is 9.64 Å². The molecule has 0 radical (unpaired) electrons. The van der Waals surface area contributed by atoms with Gasteiger partial charge in [-0.25, -0.2) is 4.98 Å². The average Bonchev–Trinajstić information content (AvgIpc) is 2.32. The fraction of sp³-hybridized carbons (Fsp3) is 0.583. The van der Waals surface area contributed by atoms with Crippen molar-refractivity contribution in [2.75, 3.05) is 18.1 Å². The molecule has 0 N–H and O–H groups in total. The third-order valence-corrected chi connectivity index (χ3v) is 3.50. The minimum Gasteiger partial charge on any atom is -0.375 e. The number of morpholine rings is 1. The zero-order valence-electron chi connectivity index (χ0n) is 9.99. The van der Waals surface area contributed by atoms with Gasteiger partial charge in [0.1, 0.15) is 5.82 Å². The van der Waals surface area contributed by atoms with Gasteiger partial charge in [-0.15, -0.1) is 11.6 Å². The molecule has 0 saturated carbocycles.